The van der Waals surface area contributed by atoms with Crippen LogP contribution in [-0.4, -0.2) is 11.6 Å². The van der Waals surface area contributed by atoms with Crippen molar-refractivity contribution in [2.24, 2.45) is 11.7 Å². The molecule has 0 aromatic carbocycles. The molecule has 0 amide bonds. The molecule has 1 heterocycles. The average molecular weight is 220 g/mol. The summed E-state index contributed by atoms with van der Waals surface area (Å²) < 4.78 is 5.67. The Bertz CT molecular complexity index is 315. The van der Waals surface area contributed by atoms with Crippen LogP contribution in [0.3, 0.4) is 0 Å². The van der Waals surface area contributed by atoms with E-state index < -0.39 is 0 Å². The van der Waals surface area contributed by atoms with Crippen LogP contribution < -0.4 is 10.5 Å². The van der Waals surface area contributed by atoms with E-state index in [1.165, 1.54) is 25.7 Å². The van der Waals surface area contributed by atoms with E-state index in [-0.39, 0.29) is 6.04 Å². The zero-order valence-corrected chi connectivity index (χ0v) is 9.86. The van der Waals surface area contributed by atoms with Crippen molar-refractivity contribution in [2.75, 3.05) is 6.61 Å². The lowest BCUT2D eigenvalue weighted by atomic mass is 10.1. The highest BCUT2D eigenvalue weighted by Gasteiger charge is 2.15. The number of ether oxygens (including phenoxy) is 1. The third-order valence-electron chi connectivity index (χ3n) is 3.23. The molecule has 1 fully saturated rings. The van der Waals surface area contributed by atoms with E-state index >= 15 is 0 Å². The van der Waals surface area contributed by atoms with Gasteiger partial charge in [-0.25, -0.2) is 4.98 Å². The third kappa shape index (κ3) is 2.95. The lowest BCUT2D eigenvalue weighted by Gasteiger charge is -2.11. The minimum absolute atomic E-state index is 0.0383. The zero-order valence-electron chi connectivity index (χ0n) is 9.86. The van der Waals surface area contributed by atoms with Gasteiger partial charge in [0.2, 0.25) is 5.88 Å². The van der Waals surface area contributed by atoms with Gasteiger partial charge in [-0.3, -0.25) is 0 Å². The third-order valence-corrected chi connectivity index (χ3v) is 3.23. The van der Waals surface area contributed by atoms with Crippen LogP contribution in [0.15, 0.2) is 18.3 Å². The van der Waals surface area contributed by atoms with E-state index in [9.17, 15) is 0 Å². The van der Waals surface area contributed by atoms with Crippen LogP contribution in [0.1, 0.15) is 44.2 Å². The minimum atomic E-state index is 0.0383. The molecule has 0 unspecified atom stereocenters. The molecule has 0 bridgehead atoms. The SMILES string of the molecule is C[C@H](N)c1ccc(OCC2CCCC2)nc1. The number of nitrogens with zero attached hydrogens (tertiary/aromatic N) is 1. The summed E-state index contributed by atoms with van der Waals surface area (Å²) in [5.41, 5.74) is 6.81. The molecule has 1 aliphatic rings. The Morgan fingerprint density at radius 3 is 2.75 bits per heavy atom. The van der Waals surface area contributed by atoms with Crippen LogP contribution in [0, 0.1) is 5.92 Å². The minimum Gasteiger partial charge on any atom is -0.477 e. The average Bonchev–Trinajstić information content (AvgIpc) is 2.80. The molecule has 1 atom stereocenters. The molecule has 16 heavy (non-hydrogen) atoms. The van der Waals surface area contributed by atoms with Crippen molar-refractivity contribution in [1.29, 1.82) is 0 Å². The molecule has 1 aromatic rings. The quantitative estimate of drug-likeness (QED) is 0.848. The monoisotopic (exact) mass is 220 g/mol. The van der Waals surface area contributed by atoms with E-state index in [4.69, 9.17) is 10.5 Å². The first-order valence-corrected chi connectivity index (χ1v) is 6.10. The molecule has 2 N–H and O–H groups in total. The van der Waals surface area contributed by atoms with Crippen molar-refractivity contribution in [3.05, 3.63) is 23.9 Å². The first-order valence-electron chi connectivity index (χ1n) is 6.10. The first kappa shape index (κ1) is 11.4. The van der Waals surface area contributed by atoms with Gasteiger partial charge in [0, 0.05) is 18.3 Å². The van der Waals surface area contributed by atoms with Crippen LogP contribution in [-0.2, 0) is 0 Å². The Morgan fingerprint density at radius 1 is 1.44 bits per heavy atom. The van der Waals surface area contributed by atoms with Crippen molar-refractivity contribution in [1.82, 2.24) is 4.98 Å². The summed E-state index contributed by atoms with van der Waals surface area (Å²) in [6.07, 6.45) is 7.11. The number of aromatic nitrogens is 1. The predicted octanol–water partition coefficient (Wildman–Crippen LogP) is 2.67. The fraction of sp³-hybridized carbons (Fsp3) is 0.615. The van der Waals surface area contributed by atoms with E-state index in [1.807, 2.05) is 19.1 Å². The molecule has 88 valence electrons. The lowest BCUT2D eigenvalue weighted by Crippen LogP contribution is -2.09. The maximum atomic E-state index is 5.76. The largest absolute Gasteiger partial charge is 0.477 e. The number of pyridine rings is 1. The zero-order chi connectivity index (χ0) is 11.4. The van der Waals surface area contributed by atoms with Crippen LogP contribution in [0.5, 0.6) is 5.88 Å². The first-order chi connectivity index (χ1) is 7.75. The molecule has 0 aliphatic heterocycles. The van der Waals surface area contributed by atoms with E-state index in [2.05, 4.69) is 4.98 Å². The summed E-state index contributed by atoms with van der Waals surface area (Å²) in [6.45, 7) is 2.76. The van der Waals surface area contributed by atoms with Gasteiger partial charge in [0.25, 0.3) is 0 Å². The molecular formula is C13H20N2O. The number of rotatable bonds is 4. The second-order valence-electron chi connectivity index (χ2n) is 4.68. The Hall–Kier alpha value is -1.09. The van der Waals surface area contributed by atoms with Crippen LogP contribution >= 0.6 is 0 Å². The highest BCUT2D eigenvalue weighted by molar-refractivity contribution is 5.19. The van der Waals surface area contributed by atoms with Crippen LogP contribution in [0.4, 0.5) is 0 Å². The van der Waals surface area contributed by atoms with E-state index in [0.29, 0.717) is 0 Å². The van der Waals surface area contributed by atoms with E-state index in [0.717, 1.165) is 24.0 Å². The Balaban J connectivity index is 1.84. The van der Waals surface area contributed by atoms with Gasteiger partial charge in [0.15, 0.2) is 0 Å². The van der Waals surface area contributed by atoms with Gasteiger partial charge in [-0.2, -0.15) is 0 Å². The fourth-order valence-corrected chi connectivity index (χ4v) is 2.13. The Kier molecular flexibility index (Phi) is 3.78. The molecular weight excluding hydrogens is 200 g/mol. The van der Waals surface area contributed by atoms with Crippen LogP contribution in [0.25, 0.3) is 0 Å². The maximum Gasteiger partial charge on any atom is 0.213 e. The smallest absolute Gasteiger partial charge is 0.213 e. The summed E-state index contributed by atoms with van der Waals surface area (Å²) in [7, 11) is 0. The summed E-state index contributed by atoms with van der Waals surface area (Å²) in [6, 6.07) is 3.94. The predicted molar refractivity (Wildman–Crippen MR) is 64.3 cm³/mol. The molecule has 1 saturated carbocycles. The summed E-state index contributed by atoms with van der Waals surface area (Å²) in [5.74, 6) is 1.45. The summed E-state index contributed by atoms with van der Waals surface area (Å²) in [5, 5.41) is 0. The van der Waals surface area contributed by atoms with Gasteiger partial charge >= 0.3 is 0 Å². The van der Waals surface area contributed by atoms with Crippen molar-refractivity contribution >= 4 is 0 Å². The number of nitrogens with two attached hydrogens (primary N) is 1. The standard InChI is InChI=1S/C13H20N2O/c1-10(14)12-6-7-13(15-8-12)16-9-11-4-2-3-5-11/h6-8,10-11H,2-5,9,14H2,1H3/t10-/m0/s1. The molecule has 3 heteroatoms. The number of hydrogen-bond donors (Lipinski definition) is 1. The summed E-state index contributed by atoms with van der Waals surface area (Å²) >= 11 is 0. The van der Waals surface area contributed by atoms with Gasteiger partial charge in [-0.1, -0.05) is 18.9 Å². The van der Waals surface area contributed by atoms with Crippen molar-refractivity contribution in [2.45, 2.75) is 38.6 Å². The topological polar surface area (TPSA) is 48.1 Å². The summed E-state index contributed by atoms with van der Waals surface area (Å²) in [4.78, 5) is 4.26. The van der Waals surface area contributed by atoms with Crippen LogP contribution in [0.2, 0.25) is 0 Å². The lowest BCUT2D eigenvalue weighted by molar-refractivity contribution is 0.243. The van der Waals surface area contributed by atoms with Gasteiger partial charge in [-0.15, -0.1) is 0 Å². The molecule has 1 aliphatic carbocycles. The molecule has 0 spiro atoms. The van der Waals surface area contributed by atoms with Gasteiger partial charge < -0.3 is 10.5 Å². The Morgan fingerprint density at radius 2 is 2.19 bits per heavy atom. The second kappa shape index (κ2) is 5.30. The van der Waals surface area contributed by atoms with Crippen molar-refractivity contribution in [3.63, 3.8) is 0 Å². The van der Waals surface area contributed by atoms with Crippen molar-refractivity contribution < 1.29 is 4.74 Å². The fourth-order valence-electron chi connectivity index (χ4n) is 2.13. The van der Waals surface area contributed by atoms with Crippen molar-refractivity contribution in [3.8, 4) is 5.88 Å². The van der Waals surface area contributed by atoms with Gasteiger partial charge in [0.05, 0.1) is 6.61 Å². The highest BCUT2D eigenvalue weighted by Crippen LogP contribution is 2.25. The normalized spacial score (nSPS) is 18.6. The second-order valence-corrected chi connectivity index (χ2v) is 4.68. The number of hydrogen-bond acceptors (Lipinski definition) is 3. The van der Waals surface area contributed by atoms with Gasteiger partial charge in [0.1, 0.15) is 0 Å². The highest BCUT2D eigenvalue weighted by atomic mass is 16.5. The Labute approximate surface area is 97.0 Å². The molecule has 1 aromatic heterocycles. The molecule has 0 radical (unpaired) electrons. The van der Waals surface area contributed by atoms with Gasteiger partial charge in [-0.05, 0) is 31.2 Å². The molecule has 0 saturated heterocycles. The molecule has 3 nitrogen and oxygen atoms in total. The molecule has 2 rings (SSSR count). The van der Waals surface area contributed by atoms with E-state index in [1.54, 1.807) is 6.20 Å². The maximum absolute atomic E-state index is 5.76.